The van der Waals surface area contributed by atoms with E-state index in [-0.39, 0.29) is 102 Å². The molecule has 0 bridgehead atoms. The van der Waals surface area contributed by atoms with E-state index < -0.39 is 11.2 Å². The molecule has 0 spiro atoms. The minimum Gasteiger partial charge on any atom is -0.496 e. The zero-order valence-corrected chi connectivity index (χ0v) is 91.2. The number of rotatable bonds is 17. The van der Waals surface area contributed by atoms with Crippen molar-refractivity contribution in [2.75, 3.05) is 67.7 Å². The van der Waals surface area contributed by atoms with Gasteiger partial charge in [0.15, 0.2) is 0 Å². The molecule has 748 valence electrons. The maximum atomic E-state index is 13.2. The molecule has 20 nitrogen and oxygen atoms in total. The summed E-state index contributed by atoms with van der Waals surface area (Å²) in [5.74, 6) is 3.31. The number of nitrogens with zero attached hydrogens (tertiary/aromatic N) is 4. The highest BCUT2D eigenvalue weighted by molar-refractivity contribution is 6.00. The zero-order chi connectivity index (χ0) is 102. The fraction of sp³-hybridized carbons (Fsp3) is 0.658. The third kappa shape index (κ3) is 32.6. The molecular weight excluding hydrogens is 1670 g/mol. The van der Waals surface area contributed by atoms with Gasteiger partial charge in [0.05, 0.1) is 69.0 Å². The van der Waals surface area contributed by atoms with Gasteiger partial charge in [-0.2, -0.15) is 5.10 Å². The lowest BCUT2D eigenvalue weighted by atomic mass is 9.74. The molecule has 1 aromatic heterocycles. The summed E-state index contributed by atoms with van der Waals surface area (Å²) in [6.45, 7) is 80.8. The molecule has 4 aliphatic rings. The Bertz CT molecular complexity index is 4700. The molecule has 0 radical (unpaired) electrons. The normalized spacial score (nSPS) is 16.2. The first-order valence-corrected chi connectivity index (χ1v) is 49.4. The lowest BCUT2D eigenvalue weighted by Crippen LogP contribution is -2.45. The number of aryl methyl sites for hydroxylation is 1. The molecule has 3 heterocycles. The van der Waals surface area contributed by atoms with Crippen molar-refractivity contribution in [3.05, 3.63) is 157 Å². The van der Waals surface area contributed by atoms with Crippen LogP contribution in [0.15, 0.2) is 79.1 Å². The van der Waals surface area contributed by atoms with Crippen LogP contribution in [0.25, 0.3) is 11.1 Å². The summed E-state index contributed by atoms with van der Waals surface area (Å²) in [4.78, 5) is 80.6. The molecule has 2 aliphatic heterocycles. The van der Waals surface area contributed by atoms with Crippen LogP contribution in [0.2, 0.25) is 0 Å². The lowest BCUT2D eigenvalue weighted by molar-refractivity contribution is 0.0215. The van der Waals surface area contributed by atoms with Crippen LogP contribution in [0.3, 0.4) is 0 Å². The fourth-order valence-corrected chi connectivity index (χ4v) is 18.2. The summed E-state index contributed by atoms with van der Waals surface area (Å²) < 4.78 is 35.3. The monoisotopic (exact) mass is 1850 g/mol. The second kappa shape index (κ2) is 45.0. The van der Waals surface area contributed by atoms with Gasteiger partial charge in [0.25, 0.3) is 23.6 Å². The number of likely N-dealkylation sites (tertiary alicyclic amines) is 2. The van der Waals surface area contributed by atoms with Crippen LogP contribution in [0.1, 0.15) is 423 Å². The maximum Gasteiger partial charge on any atom is 0.410 e. The fourth-order valence-electron chi connectivity index (χ4n) is 18.2. The van der Waals surface area contributed by atoms with Gasteiger partial charge >= 0.3 is 12.2 Å². The summed E-state index contributed by atoms with van der Waals surface area (Å²) in [5.41, 5.74) is 15.9. The van der Waals surface area contributed by atoms with Crippen LogP contribution in [0.4, 0.5) is 9.59 Å². The summed E-state index contributed by atoms with van der Waals surface area (Å²) in [6, 6.07) is 22.8. The first kappa shape index (κ1) is 114. The van der Waals surface area contributed by atoms with Gasteiger partial charge in [-0.15, -0.1) is 0 Å². The molecular formula is C114H180N8O12. The van der Waals surface area contributed by atoms with Crippen LogP contribution in [0.5, 0.6) is 23.0 Å². The van der Waals surface area contributed by atoms with Crippen LogP contribution < -0.4 is 40.2 Å². The van der Waals surface area contributed by atoms with Crippen LogP contribution >= 0.6 is 0 Å². The number of amides is 6. The summed E-state index contributed by atoms with van der Waals surface area (Å²) in [6.07, 6.45) is 16.9. The number of hydrogen-bond donors (Lipinski definition) is 4. The Hall–Kier alpha value is -9.07. The van der Waals surface area contributed by atoms with Gasteiger partial charge < -0.3 is 59.5 Å². The number of carbonyl (C=O) groups is 6. The average molecular weight is 1850 g/mol. The maximum absolute atomic E-state index is 13.2. The minimum atomic E-state index is -0.543. The van der Waals surface area contributed by atoms with Crippen LogP contribution in [-0.2, 0) is 70.7 Å². The number of ether oxygens (including phenoxy) is 6. The topological polar surface area (TPSA) is 230 Å². The first-order valence-electron chi connectivity index (χ1n) is 49.4. The van der Waals surface area contributed by atoms with Gasteiger partial charge in [0, 0.05) is 58.1 Å². The third-order valence-corrected chi connectivity index (χ3v) is 25.5. The highest BCUT2D eigenvalue weighted by atomic mass is 16.6. The van der Waals surface area contributed by atoms with Gasteiger partial charge in [0.2, 0.25) is 0 Å². The minimum absolute atomic E-state index is 0.00521. The van der Waals surface area contributed by atoms with E-state index in [4.69, 9.17) is 28.4 Å². The van der Waals surface area contributed by atoms with Gasteiger partial charge in [-0.25, -0.2) is 9.59 Å². The highest BCUT2D eigenvalue weighted by Crippen LogP contribution is 2.45. The molecule has 6 amide bonds. The van der Waals surface area contributed by atoms with Crippen molar-refractivity contribution < 1.29 is 57.2 Å². The van der Waals surface area contributed by atoms with E-state index in [2.05, 4.69) is 271 Å². The predicted octanol–water partition coefficient (Wildman–Crippen LogP) is 25.9. The second-order valence-electron chi connectivity index (χ2n) is 50.1. The molecule has 2 saturated carbocycles. The number of carbonyl (C=O) groups excluding carboxylic acids is 6. The summed E-state index contributed by atoms with van der Waals surface area (Å²) in [5, 5.41) is 16.6. The third-order valence-electron chi connectivity index (χ3n) is 25.5. The Kier molecular flexibility index (Phi) is 38.2. The van der Waals surface area contributed by atoms with E-state index in [1.165, 1.54) is 107 Å². The highest BCUT2D eigenvalue weighted by Gasteiger charge is 2.39. The Labute approximate surface area is 810 Å². The van der Waals surface area contributed by atoms with Crippen molar-refractivity contribution in [1.82, 2.24) is 40.8 Å². The van der Waals surface area contributed by atoms with E-state index in [9.17, 15) is 28.8 Å². The number of aromatic nitrogens is 2. The zero-order valence-electron chi connectivity index (χ0n) is 91.2. The van der Waals surface area contributed by atoms with Crippen molar-refractivity contribution in [3.8, 4) is 34.1 Å². The van der Waals surface area contributed by atoms with Crippen LogP contribution in [0, 0.1) is 11.8 Å². The van der Waals surface area contributed by atoms with Gasteiger partial charge in [0.1, 0.15) is 34.2 Å². The SMILES string of the molecule is COc1cc(C(C)(C)C)c(C(C)(C)C)cc1C(=O)NCC1CCCC1.COc1cc(C(C)(C)C)c(C(C)(C)C)cc1C(=O)NCC1CCCC1.COc1cc(C(C)(C)C)c(C(C)(C)C)cc1C(=O)NC[C@@H]1CCCN1C(=O)OC(C)(C)C.COc1cc(C(C)(C)C)c(C(C)(C)C)cc1C(=O)NC[C@H]1CCCN1C(=O)OC(C)(C)C.Cn1cc(-c2ccc(C(C)(C)C)c(C(C)(C)C)c2)cn1. The van der Waals surface area contributed by atoms with Crippen molar-refractivity contribution in [1.29, 1.82) is 0 Å². The Morgan fingerprint density at radius 3 is 0.769 bits per heavy atom. The smallest absolute Gasteiger partial charge is 0.410 e. The average Bonchev–Trinajstić information content (AvgIpc) is 0.800. The van der Waals surface area contributed by atoms with E-state index in [1.807, 2.05) is 95.9 Å². The molecule has 2 saturated heterocycles. The van der Waals surface area contributed by atoms with E-state index in [0.717, 1.165) is 49.9 Å². The second-order valence-corrected chi connectivity index (χ2v) is 50.1. The first-order chi connectivity index (χ1) is 61.2. The molecule has 2 atom stereocenters. The molecule has 5 aromatic carbocycles. The molecule has 20 heteroatoms. The van der Waals surface area contributed by atoms with Gasteiger partial charge in [-0.05, 0) is 269 Å². The van der Waals surface area contributed by atoms with Crippen molar-refractivity contribution in [2.45, 2.75) is 404 Å². The van der Waals surface area contributed by atoms with E-state index >= 15 is 0 Å². The van der Waals surface area contributed by atoms with Crippen molar-refractivity contribution in [2.24, 2.45) is 18.9 Å². The van der Waals surface area contributed by atoms with E-state index in [1.54, 1.807) is 38.2 Å². The number of hydrogen-bond acceptors (Lipinski definition) is 13. The standard InChI is InChI=1S/2C26H42N2O4.2C22H35NO2.C18H26N2/c2*1-24(2,3)19-14-18(21(31-10)15-20(19)25(4,5)6)22(29)27-16-17-12-11-13-28(17)23(30)32-26(7,8)9;2*1-21(2,3)17-12-16(19(25-7)13-18(17)22(4,5)6)20(24)23-14-15-10-8-9-11-15;1-17(2,3)15-9-8-13(10-16(15)18(4,5)6)14-11-19-20(7)12-14/h2*14-15,17H,11-13,16H2,1-10H3,(H,27,29);2*12-13,15H,8-11,14H2,1-7H3,(H,23,24);8-12H,1-7H3/t2*17-;;;/m10.../s1. The molecule has 2 aliphatic carbocycles. The molecule has 0 unspecified atom stereocenters. The van der Waals surface area contributed by atoms with Gasteiger partial charge in [-0.1, -0.05) is 252 Å². The molecule has 6 aromatic rings. The number of benzene rings is 5. The number of nitrogens with one attached hydrogen (secondary N) is 4. The quantitative estimate of drug-likeness (QED) is 0.0667. The van der Waals surface area contributed by atoms with Crippen molar-refractivity contribution in [3.63, 3.8) is 0 Å². The van der Waals surface area contributed by atoms with Crippen molar-refractivity contribution >= 4 is 35.8 Å². The Morgan fingerprint density at radius 2 is 0.545 bits per heavy atom. The number of methoxy groups -OCH3 is 4. The molecule has 10 rings (SSSR count). The Balaban J connectivity index is 0.000000260. The molecule has 134 heavy (non-hydrogen) atoms. The van der Waals surface area contributed by atoms with Crippen LogP contribution in [-0.4, -0.2) is 146 Å². The predicted molar refractivity (Wildman–Crippen MR) is 553 cm³/mol. The lowest BCUT2D eigenvalue weighted by Gasteiger charge is -2.31. The summed E-state index contributed by atoms with van der Waals surface area (Å²) in [7, 11) is 8.43. The molecule has 4 fully saturated rings. The largest absolute Gasteiger partial charge is 0.496 e. The van der Waals surface area contributed by atoms with E-state index in [0.29, 0.717) is 83.3 Å². The Morgan fingerprint density at radius 1 is 0.306 bits per heavy atom. The molecule has 4 N–H and O–H groups in total. The summed E-state index contributed by atoms with van der Waals surface area (Å²) >= 11 is 0. The van der Waals surface area contributed by atoms with Gasteiger partial charge in [-0.3, -0.25) is 23.9 Å².